The van der Waals surface area contributed by atoms with Crippen LogP contribution in [0.1, 0.15) is 36.2 Å². The molecule has 0 spiro atoms. The number of aliphatic hydroxyl groups excluding tert-OH is 1. The number of nitrogens with zero attached hydrogens (tertiary/aromatic N) is 1. The summed E-state index contributed by atoms with van der Waals surface area (Å²) in [6.45, 7) is -0.511. The first-order valence-corrected chi connectivity index (χ1v) is 12.1. The lowest BCUT2D eigenvalue weighted by atomic mass is 9.87. The molecule has 2 aromatic carbocycles. The van der Waals surface area contributed by atoms with Crippen LogP contribution in [0.25, 0.3) is 10.9 Å². The molecule has 11 heteroatoms. The zero-order valence-corrected chi connectivity index (χ0v) is 20.3. The van der Waals surface area contributed by atoms with E-state index in [1.54, 1.807) is 6.92 Å². The van der Waals surface area contributed by atoms with E-state index in [4.69, 9.17) is 4.74 Å². The second-order valence-electron chi connectivity index (χ2n) is 9.26. The highest BCUT2D eigenvalue weighted by Gasteiger charge is 2.43. The molecule has 1 aromatic heterocycles. The Labute approximate surface area is 210 Å². The Morgan fingerprint density at radius 2 is 1.95 bits per heavy atom. The molecule has 0 aliphatic carbocycles. The number of hydrogen-bond donors (Lipinski definition) is 3. The summed E-state index contributed by atoms with van der Waals surface area (Å²) >= 11 is 0. The van der Waals surface area contributed by atoms with Gasteiger partial charge in [0, 0.05) is 29.2 Å². The molecule has 1 aliphatic rings. The smallest absolute Gasteiger partial charge is 0.283 e. The van der Waals surface area contributed by atoms with Crippen molar-refractivity contribution in [1.82, 2.24) is 15.2 Å². The van der Waals surface area contributed by atoms with E-state index in [-0.39, 0.29) is 24.5 Å². The zero-order valence-electron chi connectivity index (χ0n) is 20.3. The van der Waals surface area contributed by atoms with Crippen LogP contribution in [0.15, 0.2) is 30.3 Å². The molecule has 5 nitrogen and oxygen atoms in total. The molecule has 4 rings (SSSR count). The monoisotopic (exact) mass is 529 g/mol. The summed E-state index contributed by atoms with van der Waals surface area (Å²) in [4.78, 5) is 4.31. The van der Waals surface area contributed by atoms with E-state index in [0.717, 1.165) is 12.1 Å². The van der Waals surface area contributed by atoms with Gasteiger partial charge >= 0.3 is 0 Å². The summed E-state index contributed by atoms with van der Waals surface area (Å²) in [5.74, 6) is -6.30. The van der Waals surface area contributed by atoms with Crippen molar-refractivity contribution in [3.63, 3.8) is 0 Å². The van der Waals surface area contributed by atoms with Gasteiger partial charge in [0.05, 0.1) is 24.8 Å². The van der Waals surface area contributed by atoms with Crippen molar-refractivity contribution in [2.75, 3.05) is 39.5 Å². The molecule has 0 fully saturated rings. The predicted molar refractivity (Wildman–Crippen MR) is 127 cm³/mol. The number of alkyl halides is 3. The Morgan fingerprint density at radius 3 is 2.68 bits per heavy atom. The van der Waals surface area contributed by atoms with Crippen molar-refractivity contribution in [2.45, 2.75) is 37.8 Å². The highest BCUT2D eigenvalue weighted by atomic mass is 19.3. The van der Waals surface area contributed by atoms with Crippen LogP contribution < -0.4 is 10.1 Å². The van der Waals surface area contributed by atoms with Gasteiger partial charge in [-0.15, -0.1) is 0 Å². The third-order valence-corrected chi connectivity index (χ3v) is 6.61. The van der Waals surface area contributed by atoms with Crippen molar-refractivity contribution in [2.24, 2.45) is 0 Å². The summed E-state index contributed by atoms with van der Waals surface area (Å²) in [5.41, 5.74) is 0.872. The minimum absolute atomic E-state index is 0.0125. The lowest BCUT2D eigenvalue weighted by Crippen LogP contribution is -2.49. The third-order valence-electron chi connectivity index (χ3n) is 6.61. The van der Waals surface area contributed by atoms with Crippen LogP contribution in [0.5, 0.6) is 5.75 Å². The first-order chi connectivity index (χ1) is 17.7. The number of benzene rings is 2. The maximum Gasteiger partial charge on any atom is 0.283 e. The highest BCUT2D eigenvalue weighted by molar-refractivity contribution is 5.85. The standard InChI is InChI=1S/C26H29F6N3O2/c1-15-11-18-17-12-16(28)3-5-20(17)34-24(18)25(35(15)13-26(31,32)14-36)22-19(29)4-6-21(23(22)30)37-10-9-33-8-2-7-27/h3-6,12,15,25,33-34,36H,2,7-11,13-14H2,1H3/t15-,25?/m1/s1. The van der Waals surface area contributed by atoms with E-state index in [9.17, 15) is 22.7 Å². The van der Waals surface area contributed by atoms with Crippen molar-refractivity contribution in [1.29, 1.82) is 0 Å². The fourth-order valence-corrected chi connectivity index (χ4v) is 4.86. The molecule has 1 aliphatic heterocycles. The maximum atomic E-state index is 15.8. The molecule has 0 radical (unpaired) electrons. The molecule has 0 amide bonds. The minimum Gasteiger partial charge on any atom is -0.489 e. The fraction of sp³-hybridized carbons (Fsp3) is 0.462. The van der Waals surface area contributed by atoms with Crippen molar-refractivity contribution in [3.05, 3.63) is 64.6 Å². The van der Waals surface area contributed by atoms with Crippen LogP contribution in [0, 0.1) is 17.5 Å². The van der Waals surface area contributed by atoms with Gasteiger partial charge in [-0.25, -0.2) is 22.0 Å². The van der Waals surface area contributed by atoms with Gasteiger partial charge in [-0.05, 0) is 62.2 Å². The lowest BCUT2D eigenvalue weighted by Gasteiger charge is -2.42. The van der Waals surface area contributed by atoms with Gasteiger partial charge in [-0.3, -0.25) is 9.29 Å². The average molecular weight is 530 g/mol. The Balaban J connectivity index is 1.77. The van der Waals surface area contributed by atoms with E-state index in [2.05, 4.69) is 10.3 Å². The van der Waals surface area contributed by atoms with Crippen molar-refractivity contribution in [3.8, 4) is 5.75 Å². The molecular formula is C26H29F6N3O2. The first kappa shape index (κ1) is 27.3. The number of fused-ring (bicyclic) bond motifs is 3. The summed E-state index contributed by atoms with van der Waals surface area (Å²) < 4.78 is 91.7. The van der Waals surface area contributed by atoms with Crippen LogP contribution in [-0.4, -0.2) is 66.5 Å². The number of aliphatic hydroxyl groups is 1. The lowest BCUT2D eigenvalue weighted by molar-refractivity contribution is -0.0869. The molecule has 3 aromatic rings. The number of ether oxygens (including phenoxy) is 1. The Kier molecular flexibility index (Phi) is 8.35. The van der Waals surface area contributed by atoms with Crippen LogP contribution >= 0.6 is 0 Å². The highest BCUT2D eigenvalue weighted by Crippen LogP contribution is 2.44. The van der Waals surface area contributed by atoms with E-state index < -0.39 is 60.8 Å². The summed E-state index contributed by atoms with van der Waals surface area (Å²) in [5, 5.41) is 12.7. The number of halogens is 6. The summed E-state index contributed by atoms with van der Waals surface area (Å²) in [6.07, 6.45) is 0.542. The predicted octanol–water partition coefficient (Wildman–Crippen LogP) is 4.88. The van der Waals surface area contributed by atoms with E-state index in [0.29, 0.717) is 36.0 Å². The second kappa shape index (κ2) is 11.3. The first-order valence-electron chi connectivity index (χ1n) is 12.1. The molecule has 3 N–H and O–H groups in total. The number of rotatable bonds is 11. The van der Waals surface area contributed by atoms with Gasteiger partial charge < -0.3 is 20.1 Å². The van der Waals surface area contributed by atoms with Gasteiger partial charge in [-0.2, -0.15) is 0 Å². The number of aromatic nitrogens is 1. The van der Waals surface area contributed by atoms with Gasteiger partial charge in [0.2, 0.25) is 0 Å². The normalized spacial score (nSPS) is 18.4. The summed E-state index contributed by atoms with van der Waals surface area (Å²) in [6, 6.07) is 4.20. The Morgan fingerprint density at radius 1 is 1.16 bits per heavy atom. The maximum absolute atomic E-state index is 15.8. The molecule has 1 unspecified atom stereocenters. The number of aromatic amines is 1. The van der Waals surface area contributed by atoms with Gasteiger partial charge in [-0.1, -0.05) is 0 Å². The fourth-order valence-electron chi connectivity index (χ4n) is 4.86. The SMILES string of the molecule is C[C@@H]1Cc2c([nH]c3ccc(F)cc23)C(c2c(F)ccc(OCCNCCCF)c2F)N1CC(F)(F)CO. The summed E-state index contributed by atoms with van der Waals surface area (Å²) in [7, 11) is 0. The minimum atomic E-state index is -3.53. The molecule has 0 saturated heterocycles. The topological polar surface area (TPSA) is 60.5 Å². The van der Waals surface area contributed by atoms with E-state index >= 15 is 8.78 Å². The van der Waals surface area contributed by atoms with Gasteiger partial charge in [0.1, 0.15) is 24.8 Å². The van der Waals surface area contributed by atoms with E-state index in [1.807, 2.05) is 0 Å². The second-order valence-corrected chi connectivity index (χ2v) is 9.26. The molecule has 37 heavy (non-hydrogen) atoms. The van der Waals surface area contributed by atoms with Crippen LogP contribution in [0.3, 0.4) is 0 Å². The Hall–Kier alpha value is -2.76. The number of nitrogens with one attached hydrogen (secondary N) is 2. The third kappa shape index (κ3) is 5.73. The van der Waals surface area contributed by atoms with Crippen LogP contribution in [0.4, 0.5) is 26.3 Å². The quantitative estimate of drug-likeness (QED) is 0.245. The van der Waals surface area contributed by atoms with Crippen molar-refractivity contribution >= 4 is 10.9 Å². The molecule has 202 valence electrons. The largest absolute Gasteiger partial charge is 0.489 e. The van der Waals surface area contributed by atoms with Gasteiger partial charge in [0.25, 0.3) is 5.92 Å². The van der Waals surface area contributed by atoms with Crippen LogP contribution in [-0.2, 0) is 6.42 Å². The molecule has 2 atom stereocenters. The molecule has 0 saturated carbocycles. The molecule has 0 bridgehead atoms. The van der Waals surface area contributed by atoms with Gasteiger partial charge in [0.15, 0.2) is 11.6 Å². The molecule has 2 heterocycles. The zero-order chi connectivity index (χ0) is 26.7. The average Bonchev–Trinajstić information content (AvgIpc) is 3.21. The number of H-pyrrole nitrogens is 1. The Bertz CT molecular complexity index is 1230. The van der Waals surface area contributed by atoms with E-state index in [1.165, 1.54) is 23.1 Å². The van der Waals surface area contributed by atoms with Crippen molar-refractivity contribution < 1.29 is 36.2 Å². The molecular weight excluding hydrogens is 500 g/mol. The van der Waals surface area contributed by atoms with Crippen LogP contribution in [0.2, 0.25) is 0 Å². The number of hydrogen-bond acceptors (Lipinski definition) is 4.